The molecule has 1 aliphatic carbocycles. The zero-order valence-corrected chi connectivity index (χ0v) is 10.8. The minimum atomic E-state index is 0.231. The van der Waals surface area contributed by atoms with Crippen molar-refractivity contribution in [1.82, 2.24) is 4.57 Å². The number of rotatable bonds is 3. The standard InChI is InChI=1S/C16H21NO/c18-11-9-13-6-7-16-14(12-13)8-10-17(16)15-4-2-1-3-5-15/h6-8,10,12,15,18H,1-5,9,11H2. The van der Waals surface area contributed by atoms with Gasteiger partial charge in [0.2, 0.25) is 0 Å². The molecule has 18 heavy (non-hydrogen) atoms. The quantitative estimate of drug-likeness (QED) is 0.874. The molecule has 2 nitrogen and oxygen atoms in total. The van der Waals surface area contributed by atoms with Gasteiger partial charge < -0.3 is 9.67 Å². The third-order valence-corrected chi connectivity index (χ3v) is 4.15. The maximum absolute atomic E-state index is 9.00. The van der Waals surface area contributed by atoms with Crippen LogP contribution in [0.5, 0.6) is 0 Å². The Hall–Kier alpha value is -1.28. The van der Waals surface area contributed by atoms with Gasteiger partial charge >= 0.3 is 0 Å². The number of aromatic nitrogens is 1. The van der Waals surface area contributed by atoms with Crippen LogP contribution in [0.4, 0.5) is 0 Å². The van der Waals surface area contributed by atoms with Gasteiger partial charge in [-0.25, -0.2) is 0 Å². The van der Waals surface area contributed by atoms with Gasteiger partial charge in [-0.3, -0.25) is 0 Å². The Morgan fingerprint density at radius 2 is 1.94 bits per heavy atom. The summed E-state index contributed by atoms with van der Waals surface area (Å²) >= 11 is 0. The van der Waals surface area contributed by atoms with Crippen molar-refractivity contribution in [1.29, 1.82) is 0 Å². The summed E-state index contributed by atoms with van der Waals surface area (Å²) < 4.78 is 2.46. The lowest BCUT2D eigenvalue weighted by Gasteiger charge is -2.24. The van der Waals surface area contributed by atoms with Gasteiger partial charge in [0.25, 0.3) is 0 Å². The molecule has 2 heteroatoms. The molecule has 96 valence electrons. The summed E-state index contributed by atoms with van der Waals surface area (Å²) in [5, 5.41) is 10.3. The largest absolute Gasteiger partial charge is 0.396 e. The van der Waals surface area contributed by atoms with Crippen LogP contribution in [0.2, 0.25) is 0 Å². The Kier molecular flexibility index (Phi) is 3.37. The van der Waals surface area contributed by atoms with E-state index in [0.29, 0.717) is 6.04 Å². The van der Waals surface area contributed by atoms with Crippen LogP contribution in [0, 0.1) is 0 Å². The molecule has 0 amide bonds. The molecular weight excluding hydrogens is 222 g/mol. The number of aliphatic hydroxyl groups excluding tert-OH is 1. The Labute approximate surface area is 108 Å². The highest BCUT2D eigenvalue weighted by Gasteiger charge is 2.16. The Morgan fingerprint density at radius 3 is 2.72 bits per heavy atom. The van der Waals surface area contributed by atoms with Crippen molar-refractivity contribution in [2.45, 2.75) is 44.6 Å². The molecule has 0 atom stereocenters. The second-order valence-electron chi connectivity index (χ2n) is 5.38. The van der Waals surface area contributed by atoms with Crippen molar-refractivity contribution in [2.24, 2.45) is 0 Å². The van der Waals surface area contributed by atoms with Crippen LogP contribution >= 0.6 is 0 Å². The predicted molar refractivity (Wildman–Crippen MR) is 74.8 cm³/mol. The van der Waals surface area contributed by atoms with E-state index >= 15 is 0 Å². The molecule has 0 spiro atoms. The minimum Gasteiger partial charge on any atom is -0.396 e. The molecule has 0 unspecified atom stereocenters. The van der Waals surface area contributed by atoms with E-state index in [1.807, 2.05) is 0 Å². The molecule has 0 aliphatic heterocycles. The number of aliphatic hydroxyl groups is 1. The van der Waals surface area contributed by atoms with Crippen LogP contribution in [0.1, 0.15) is 43.7 Å². The fourth-order valence-electron chi connectivity index (χ4n) is 3.18. The molecule has 0 radical (unpaired) electrons. The molecule has 1 aliphatic rings. The summed E-state index contributed by atoms with van der Waals surface area (Å²) in [6, 6.07) is 9.49. The summed E-state index contributed by atoms with van der Waals surface area (Å²) in [5.74, 6) is 0. The summed E-state index contributed by atoms with van der Waals surface area (Å²) in [6.45, 7) is 0.231. The van der Waals surface area contributed by atoms with Crippen LogP contribution in [-0.4, -0.2) is 16.3 Å². The number of nitrogens with zero attached hydrogens (tertiary/aromatic N) is 1. The Balaban J connectivity index is 1.93. The summed E-state index contributed by atoms with van der Waals surface area (Å²) in [5.41, 5.74) is 2.58. The van der Waals surface area contributed by atoms with Gasteiger partial charge in [0.1, 0.15) is 0 Å². The Morgan fingerprint density at radius 1 is 1.11 bits per heavy atom. The van der Waals surface area contributed by atoms with Crippen molar-refractivity contribution in [3.05, 3.63) is 36.0 Å². The molecule has 1 fully saturated rings. The molecule has 1 saturated carbocycles. The first kappa shape index (κ1) is 11.8. The third kappa shape index (κ3) is 2.17. The lowest BCUT2D eigenvalue weighted by Crippen LogP contribution is -2.11. The van der Waals surface area contributed by atoms with E-state index in [1.54, 1.807) is 0 Å². The topological polar surface area (TPSA) is 25.2 Å². The van der Waals surface area contributed by atoms with Crippen LogP contribution in [0.3, 0.4) is 0 Å². The van der Waals surface area contributed by atoms with E-state index in [0.717, 1.165) is 6.42 Å². The van der Waals surface area contributed by atoms with Crippen molar-refractivity contribution >= 4 is 10.9 Å². The van der Waals surface area contributed by atoms with Gasteiger partial charge in [-0.2, -0.15) is 0 Å². The molecule has 1 aromatic carbocycles. The average molecular weight is 243 g/mol. The van der Waals surface area contributed by atoms with Crippen LogP contribution in [0.25, 0.3) is 10.9 Å². The first-order valence-electron chi connectivity index (χ1n) is 7.09. The van der Waals surface area contributed by atoms with E-state index in [9.17, 15) is 0 Å². The summed E-state index contributed by atoms with van der Waals surface area (Å²) in [6.07, 6.45) is 9.77. The molecule has 2 aromatic rings. The normalized spacial score (nSPS) is 17.4. The lowest BCUT2D eigenvalue weighted by atomic mass is 9.95. The molecule has 1 N–H and O–H groups in total. The molecule has 1 aromatic heterocycles. The minimum absolute atomic E-state index is 0.231. The van der Waals surface area contributed by atoms with Gasteiger partial charge in [0, 0.05) is 24.4 Å². The summed E-state index contributed by atoms with van der Waals surface area (Å²) in [4.78, 5) is 0. The molecule has 0 saturated heterocycles. The predicted octanol–water partition coefficient (Wildman–Crippen LogP) is 3.68. The molecule has 3 rings (SSSR count). The van der Waals surface area contributed by atoms with Crippen molar-refractivity contribution in [3.8, 4) is 0 Å². The number of hydrogen-bond acceptors (Lipinski definition) is 1. The lowest BCUT2D eigenvalue weighted by molar-refractivity contribution is 0.299. The zero-order valence-electron chi connectivity index (χ0n) is 10.8. The average Bonchev–Trinajstić information content (AvgIpc) is 2.83. The van der Waals surface area contributed by atoms with Crippen LogP contribution in [0.15, 0.2) is 30.5 Å². The zero-order chi connectivity index (χ0) is 12.4. The molecule has 0 bridgehead atoms. The second-order valence-corrected chi connectivity index (χ2v) is 5.38. The van der Waals surface area contributed by atoms with Gasteiger partial charge in [0.15, 0.2) is 0 Å². The number of fused-ring (bicyclic) bond motifs is 1. The number of benzene rings is 1. The third-order valence-electron chi connectivity index (χ3n) is 4.15. The maximum atomic E-state index is 9.00. The highest BCUT2D eigenvalue weighted by molar-refractivity contribution is 5.81. The first-order chi connectivity index (χ1) is 8.88. The first-order valence-corrected chi connectivity index (χ1v) is 7.09. The highest BCUT2D eigenvalue weighted by Crippen LogP contribution is 2.31. The summed E-state index contributed by atoms with van der Waals surface area (Å²) in [7, 11) is 0. The molecule has 1 heterocycles. The number of hydrogen-bond donors (Lipinski definition) is 1. The van der Waals surface area contributed by atoms with Gasteiger partial charge in [-0.05, 0) is 48.4 Å². The fourth-order valence-corrected chi connectivity index (χ4v) is 3.18. The van der Waals surface area contributed by atoms with Gasteiger partial charge in [-0.1, -0.05) is 25.3 Å². The van der Waals surface area contributed by atoms with Crippen molar-refractivity contribution in [3.63, 3.8) is 0 Å². The van der Waals surface area contributed by atoms with Crippen molar-refractivity contribution in [2.75, 3.05) is 6.61 Å². The van der Waals surface area contributed by atoms with Gasteiger partial charge in [0.05, 0.1) is 0 Å². The van der Waals surface area contributed by atoms with Crippen LogP contribution < -0.4 is 0 Å². The van der Waals surface area contributed by atoms with E-state index in [2.05, 4.69) is 35.0 Å². The van der Waals surface area contributed by atoms with E-state index < -0.39 is 0 Å². The monoisotopic (exact) mass is 243 g/mol. The Bertz CT molecular complexity index is 523. The van der Waals surface area contributed by atoms with Crippen LogP contribution in [-0.2, 0) is 6.42 Å². The molecular formula is C16H21NO. The second kappa shape index (κ2) is 5.15. The smallest absolute Gasteiger partial charge is 0.0483 e. The van der Waals surface area contributed by atoms with E-state index in [4.69, 9.17) is 5.11 Å². The fraction of sp³-hybridized carbons (Fsp3) is 0.500. The van der Waals surface area contributed by atoms with Crippen molar-refractivity contribution < 1.29 is 5.11 Å². The SMILES string of the molecule is OCCc1ccc2c(ccn2C2CCCCC2)c1. The van der Waals surface area contributed by atoms with E-state index in [-0.39, 0.29) is 6.61 Å². The maximum Gasteiger partial charge on any atom is 0.0483 e. The van der Waals surface area contributed by atoms with Gasteiger partial charge in [-0.15, -0.1) is 0 Å². The van der Waals surface area contributed by atoms with E-state index in [1.165, 1.54) is 48.6 Å². The highest BCUT2D eigenvalue weighted by atomic mass is 16.2.